The van der Waals surface area contributed by atoms with Crippen LogP contribution in [0.4, 0.5) is 0 Å². The van der Waals surface area contributed by atoms with E-state index in [1.165, 1.54) is 36.6 Å². The third-order valence-corrected chi connectivity index (χ3v) is 12.9. The van der Waals surface area contributed by atoms with E-state index in [9.17, 15) is 10.2 Å². The van der Waals surface area contributed by atoms with Gasteiger partial charge in [0.15, 0.2) is 0 Å². The SMILES string of the molecule is C=P/C(=C\C[C@@H](C)[C@H]1CCC2C3C(CC[C@@]21C)[C@@]1(C)CC[C@@H](O)CC1[C@@H](CC)[C@H]3O)c1ccccc1. The first-order chi connectivity index (χ1) is 17.2. The quantitative estimate of drug-likeness (QED) is 0.382. The summed E-state index contributed by atoms with van der Waals surface area (Å²) < 4.78 is 0. The average molecular weight is 509 g/mol. The highest BCUT2D eigenvalue weighted by molar-refractivity contribution is 7.48. The molecule has 1 aromatic rings. The summed E-state index contributed by atoms with van der Waals surface area (Å²) in [6.07, 6.45) is 16.6. The van der Waals surface area contributed by atoms with E-state index < -0.39 is 0 Å². The Balaban J connectivity index is 1.38. The van der Waals surface area contributed by atoms with Crippen molar-refractivity contribution in [3.63, 3.8) is 0 Å². The number of hydrogen-bond donors (Lipinski definition) is 2. The van der Waals surface area contributed by atoms with E-state index in [1.807, 2.05) is 0 Å². The van der Waals surface area contributed by atoms with Gasteiger partial charge in [0.1, 0.15) is 0 Å². The van der Waals surface area contributed by atoms with Crippen molar-refractivity contribution >= 4 is 19.8 Å². The van der Waals surface area contributed by atoms with Gasteiger partial charge in [-0.15, -0.1) is 0 Å². The van der Waals surface area contributed by atoms with E-state index in [4.69, 9.17) is 0 Å². The molecule has 4 fully saturated rings. The van der Waals surface area contributed by atoms with Gasteiger partial charge in [0, 0.05) is 5.31 Å². The summed E-state index contributed by atoms with van der Waals surface area (Å²) >= 11 is 0. The predicted molar refractivity (Wildman–Crippen MR) is 154 cm³/mol. The van der Waals surface area contributed by atoms with Crippen LogP contribution in [0, 0.1) is 52.3 Å². The fraction of sp³-hybridized carbons (Fsp3) is 0.727. The van der Waals surface area contributed by atoms with Crippen LogP contribution in [0.2, 0.25) is 0 Å². The van der Waals surface area contributed by atoms with Crippen LogP contribution in [0.1, 0.15) is 91.0 Å². The standard InChI is InChI=1S/C33H49O2P/c1-6-24-28-20-23(34)16-18-33(28,4)27-17-19-32(3)25(13-14-26(32)30(27)31(24)35)21(2)12-15-29(36-5)22-10-8-7-9-11-22/h7-11,15,21,23-28,30-31,34-35H,5-6,12-14,16-20H2,1-4H3/b29-15-/t21-,23-,24-,25-,26?,27?,28?,30?,31-,32-,33-/m1/s1. The molecule has 198 valence electrons. The van der Waals surface area contributed by atoms with Crippen LogP contribution in [-0.4, -0.2) is 28.7 Å². The lowest BCUT2D eigenvalue weighted by molar-refractivity contribution is -0.203. The summed E-state index contributed by atoms with van der Waals surface area (Å²) in [5.74, 6) is 3.90. The molecule has 0 amide bonds. The molecule has 4 aliphatic carbocycles. The molecule has 0 heterocycles. The average Bonchev–Trinajstić information content (AvgIpc) is 3.23. The van der Waals surface area contributed by atoms with Crippen LogP contribution in [-0.2, 0) is 0 Å². The van der Waals surface area contributed by atoms with Crippen LogP contribution in [0.15, 0.2) is 36.4 Å². The second kappa shape index (κ2) is 10.3. The van der Waals surface area contributed by atoms with Crippen LogP contribution >= 0.6 is 8.20 Å². The molecule has 4 saturated carbocycles. The maximum absolute atomic E-state index is 11.9. The van der Waals surface area contributed by atoms with Gasteiger partial charge in [-0.25, -0.2) is 0 Å². The number of fused-ring (bicyclic) bond motifs is 5. The fourth-order valence-electron chi connectivity index (χ4n) is 10.3. The van der Waals surface area contributed by atoms with Crippen LogP contribution in [0.25, 0.3) is 5.31 Å². The van der Waals surface area contributed by atoms with E-state index in [0.29, 0.717) is 40.9 Å². The molecule has 2 nitrogen and oxygen atoms in total. The zero-order valence-electron chi connectivity index (χ0n) is 23.1. The zero-order valence-corrected chi connectivity index (χ0v) is 24.0. The summed E-state index contributed by atoms with van der Waals surface area (Å²) in [7, 11) is 1.10. The molecule has 0 saturated heterocycles. The normalized spacial score (nSPS) is 45.6. The Morgan fingerprint density at radius 2 is 1.72 bits per heavy atom. The van der Waals surface area contributed by atoms with E-state index in [0.717, 1.165) is 46.2 Å². The van der Waals surface area contributed by atoms with Gasteiger partial charge in [-0.3, -0.25) is 0 Å². The zero-order chi connectivity index (χ0) is 25.7. The Kier molecular flexibility index (Phi) is 7.64. The maximum Gasteiger partial charge on any atom is 0.0605 e. The minimum Gasteiger partial charge on any atom is -0.393 e. The molecule has 3 heteroatoms. The summed E-state index contributed by atoms with van der Waals surface area (Å²) in [6.45, 7) is 9.89. The lowest BCUT2D eigenvalue weighted by Gasteiger charge is -2.64. The topological polar surface area (TPSA) is 40.5 Å². The Hall–Kier alpha value is -0.950. The fourth-order valence-corrected chi connectivity index (χ4v) is 10.8. The molecule has 1 aromatic carbocycles. The number of aliphatic hydroxyl groups is 2. The molecule has 0 radical (unpaired) electrons. The second-order valence-corrected chi connectivity index (χ2v) is 14.2. The summed E-state index contributed by atoms with van der Waals surface area (Å²) in [4.78, 5) is 0. The molecule has 4 unspecified atom stereocenters. The number of rotatable bonds is 6. The van der Waals surface area contributed by atoms with Gasteiger partial charge in [0.25, 0.3) is 0 Å². The smallest absolute Gasteiger partial charge is 0.0605 e. The number of benzene rings is 1. The van der Waals surface area contributed by atoms with Crippen molar-refractivity contribution in [2.24, 2.45) is 52.3 Å². The van der Waals surface area contributed by atoms with E-state index >= 15 is 0 Å². The Morgan fingerprint density at radius 3 is 2.42 bits per heavy atom. The highest BCUT2D eigenvalue weighted by atomic mass is 31.1. The molecule has 5 rings (SSSR count). The van der Waals surface area contributed by atoms with Crippen LogP contribution in [0.5, 0.6) is 0 Å². The largest absolute Gasteiger partial charge is 0.393 e. The molecule has 0 aromatic heterocycles. The van der Waals surface area contributed by atoms with Gasteiger partial charge in [0.05, 0.1) is 12.2 Å². The van der Waals surface area contributed by atoms with Crippen molar-refractivity contribution in [2.75, 3.05) is 0 Å². The molecule has 2 N–H and O–H groups in total. The van der Waals surface area contributed by atoms with E-state index in [-0.39, 0.29) is 17.6 Å². The first-order valence-electron chi connectivity index (χ1n) is 14.8. The van der Waals surface area contributed by atoms with Gasteiger partial charge in [-0.05, 0) is 109 Å². The van der Waals surface area contributed by atoms with E-state index in [2.05, 4.69) is 70.4 Å². The summed E-state index contributed by atoms with van der Waals surface area (Å²) in [6, 6.07) is 10.7. The molecule has 0 bridgehead atoms. The lowest BCUT2D eigenvalue weighted by Crippen LogP contribution is -2.62. The molecule has 36 heavy (non-hydrogen) atoms. The Morgan fingerprint density at radius 1 is 1.03 bits per heavy atom. The van der Waals surface area contributed by atoms with Crippen molar-refractivity contribution in [2.45, 2.75) is 97.7 Å². The monoisotopic (exact) mass is 508 g/mol. The minimum atomic E-state index is -0.198. The highest BCUT2D eigenvalue weighted by Crippen LogP contribution is 2.69. The van der Waals surface area contributed by atoms with Gasteiger partial charge in [-0.1, -0.05) is 85.0 Å². The maximum atomic E-state index is 11.9. The van der Waals surface area contributed by atoms with Crippen molar-refractivity contribution in [3.05, 3.63) is 42.0 Å². The predicted octanol–water partition coefficient (Wildman–Crippen LogP) is 8.06. The Bertz CT molecular complexity index is 958. The third kappa shape index (κ3) is 4.28. The molecule has 11 atom stereocenters. The first kappa shape index (κ1) is 26.6. The minimum absolute atomic E-state index is 0.169. The molecule has 0 spiro atoms. The molecule has 0 aliphatic heterocycles. The number of allylic oxidation sites excluding steroid dienone is 1. The number of hydrogen-bond acceptors (Lipinski definition) is 2. The van der Waals surface area contributed by atoms with Crippen molar-refractivity contribution in [3.8, 4) is 0 Å². The lowest BCUT2D eigenvalue weighted by atomic mass is 9.41. The molecular formula is C33H49O2P. The van der Waals surface area contributed by atoms with Crippen LogP contribution < -0.4 is 0 Å². The summed E-state index contributed by atoms with van der Waals surface area (Å²) in [5.41, 5.74) is 1.92. The van der Waals surface area contributed by atoms with Crippen LogP contribution in [0.3, 0.4) is 0 Å². The highest BCUT2D eigenvalue weighted by Gasteiger charge is 2.64. The van der Waals surface area contributed by atoms with E-state index in [1.54, 1.807) is 0 Å². The molecule has 4 aliphatic rings. The van der Waals surface area contributed by atoms with Gasteiger partial charge in [-0.2, -0.15) is 0 Å². The van der Waals surface area contributed by atoms with Crippen molar-refractivity contribution in [1.29, 1.82) is 0 Å². The number of aliphatic hydroxyl groups excluding tert-OH is 2. The Labute approximate surface area is 221 Å². The van der Waals surface area contributed by atoms with Gasteiger partial charge in [0.2, 0.25) is 0 Å². The van der Waals surface area contributed by atoms with Crippen molar-refractivity contribution in [1.82, 2.24) is 0 Å². The third-order valence-electron chi connectivity index (χ3n) is 12.1. The summed E-state index contributed by atoms with van der Waals surface area (Å²) in [5, 5.41) is 23.8. The van der Waals surface area contributed by atoms with Gasteiger partial charge >= 0.3 is 0 Å². The molecular weight excluding hydrogens is 459 g/mol. The van der Waals surface area contributed by atoms with Gasteiger partial charge < -0.3 is 10.2 Å². The van der Waals surface area contributed by atoms with Crippen molar-refractivity contribution < 1.29 is 10.2 Å². The second-order valence-electron chi connectivity index (χ2n) is 13.4. The first-order valence-corrected chi connectivity index (χ1v) is 15.9.